The van der Waals surface area contributed by atoms with Crippen molar-refractivity contribution in [2.75, 3.05) is 5.73 Å². The SMILES string of the molecule is Cc1ccc(N)c(-c2nc3cc(F)ccc3n(Cc3ccccc3)c2=O)c1. The molecule has 0 radical (unpaired) electrons. The predicted octanol–water partition coefficient (Wildman–Crippen LogP) is 4.14. The van der Waals surface area contributed by atoms with Gasteiger partial charge in [0.15, 0.2) is 0 Å². The number of benzene rings is 3. The van der Waals surface area contributed by atoms with Crippen molar-refractivity contribution in [2.24, 2.45) is 0 Å². The molecule has 3 aromatic carbocycles. The number of aromatic nitrogens is 2. The Bertz CT molecular complexity index is 1200. The topological polar surface area (TPSA) is 60.9 Å². The highest BCUT2D eigenvalue weighted by Gasteiger charge is 2.16. The molecule has 0 aliphatic carbocycles. The lowest BCUT2D eigenvalue weighted by Gasteiger charge is -2.14. The average Bonchev–Trinajstić information content (AvgIpc) is 2.66. The minimum absolute atomic E-state index is 0.227. The molecule has 0 aliphatic rings. The second-order valence-electron chi connectivity index (χ2n) is 6.56. The van der Waals surface area contributed by atoms with Gasteiger partial charge in [0.2, 0.25) is 0 Å². The summed E-state index contributed by atoms with van der Waals surface area (Å²) in [6.07, 6.45) is 0. The highest BCUT2D eigenvalue weighted by atomic mass is 19.1. The van der Waals surface area contributed by atoms with Gasteiger partial charge in [-0.05, 0) is 36.8 Å². The summed E-state index contributed by atoms with van der Waals surface area (Å²) in [5.41, 5.74) is 10.0. The Labute approximate surface area is 155 Å². The van der Waals surface area contributed by atoms with E-state index in [2.05, 4.69) is 4.98 Å². The first-order valence-electron chi connectivity index (χ1n) is 8.63. The Morgan fingerprint density at radius 2 is 1.81 bits per heavy atom. The van der Waals surface area contributed by atoms with E-state index in [0.717, 1.165) is 11.1 Å². The van der Waals surface area contributed by atoms with Crippen molar-refractivity contribution in [2.45, 2.75) is 13.5 Å². The highest BCUT2D eigenvalue weighted by molar-refractivity contribution is 5.81. The number of aryl methyl sites for hydroxylation is 1. The smallest absolute Gasteiger partial charge is 0.277 e. The third-order valence-electron chi connectivity index (χ3n) is 4.56. The molecule has 0 amide bonds. The van der Waals surface area contributed by atoms with E-state index in [9.17, 15) is 9.18 Å². The van der Waals surface area contributed by atoms with Crippen LogP contribution in [0.4, 0.5) is 10.1 Å². The molecule has 0 spiro atoms. The van der Waals surface area contributed by atoms with E-state index in [1.807, 2.05) is 49.4 Å². The van der Waals surface area contributed by atoms with Gasteiger partial charge in [-0.15, -0.1) is 0 Å². The Morgan fingerprint density at radius 1 is 1.04 bits per heavy atom. The summed E-state index contributed by atoms with van der Waals surface area (Å²) < 4.78 is 15.4. The van der Waals surface area contributed by atoms with Crippen LogP contribution in [0.2, 0.25) is 0 Å². The van der Waals surface area contributed by atoms with E-state index in [4.69, 9.17) is 5.73 Å². The van der Waals surface area contributed by atoms with Gasteiger partial charge in [-0.2, -0.15) is 0 Å². The molecule has 0 saturated carbocycles. The van der Waals surface area contributed by atoms with Gasteiger partial charge < -0.3 is 10.3 Å². The summed E-state index contributed by atoms with van der Waals surface area (Å²) in [7, 11) is 0. The fourth-order valence-corrected chi connectivity index (χ4v) is 3.19. The second-order valence-corrected chi connectivity index (χ2v) is 6.56. The normalized spacial score (nSPS) is 11.0. The summed E-state index contributed by atoms with van der Waals surface area (Å²) in [6.45, 7) is 2.29. The second kappa shape index (κ2) is 6.68. The molecule has 4 nitrogen and oxygen atoms in total. The third kappa shape index (κ3) is 3.19. The van der Waals surface area contributed by atoms with Crippen LogP contribution in [-0.4, -0.2) is 9.55 Å². The van der Waals surface area contributed by atoms with Crippen molar-refractivity contribution < 1.29 is 4.39 Å². The Morgan fingerprint density at radius 3 is 2.59 bits per heavy atom. The lowest BCUT2D eigenvalue weighted by molar-refractivity contribution is 0.628. The van der Waals surface area contributed by atoms with Crippen LogP contribution >= 0.6 is 0 Å². The van der Waals surface area contributed by atoms with Crippen LogP contribution < -0.4 is 11.3 Å². The first-order chi connectivity index (χ1) is 13.0. The molecule has 0 aliphatic heterocycles. The molecule has 4 aromatic rings. The molecular formula is C22H18FN3O. The number of nitrogens with two attached hydrogens (primary N) is 1. The molecule has 27 heavy (non-hydrogen) atoms. The number of fused-ring (bicyclic) bond motifs is 1. The summed E-state index contributed by atoms with van der Waals surface area (Å²) in [4.78, 5) is 17.7. The zero-order valence-corrected chi connectivity index (χ0v) is 14.8. The van der Waals surface area contributed by atoms with Crippen molar-refractivity contribution in [3.05, 3.63) is 94.0 Å². The minimum atomic E-state index is -0.400. The molecule has 1 heterocycles. The number of hydrogen-bond acceptors (Lipinski definition) is 3. The Hall–Kier alpha value is -3.47. The van der Waals surface area contributed by atoms with E-state index < -0.39 is 5.82 Å². The van der Waals surface area contributed by atoms with Gasteiger partial charge in [0.1, 0.15) is 11.5 Å². The number of rotatable bonds is 3. The quantitative estimate of drug-likeness (QED) is 0.559. The lowest BCUT2D eigenvalue weighted by Crippen LogP contribution is -2.24. The molecule has 0 saturated heterocycles. The fourth-order valence-electron chi connectivity index (χ4n) is 3.19. The van der Waals surface area contributed by atoms with E-state index >= 15 is 0 Å². The number of hydrogen-bond donors (Lipinski definition) is 1. The lowest BCUT2D eigenvalue weighted by atomic mass is 10.1. The van der Waals surface area contributed by atoms with E-state index in [0.29, 0.717) is 28.8 Å². The number of nitrogens with zero attached hydrogens (tertiary/aromatic N) is 2. The molecule has 5 heteroatoms. The van der Waals surface area contributed by atoms with Gasteiger partial charge in [0.05, 0.1) is 17.6 Å². The van der Waals surface area contributed by atoms with E-state index in [1.54, 1.807) is 16.7 Å². The third-order valence-corrected chi connectivity index (χ3v) is 4.56. The van der Waals surface area contributed by atoms with Crippen molar-refractivity contribution in [1.82, 2.24) is 9.55 Å². The van der Waals surface area contributed by atoms with Gasteiger partial charge >= 0.3 is 0 Å². The molecule has 4 rings (SSSR count). The Kier molecular flexibility index (Phi) is 4.20. The van der Waals surface area contributed by atoms with Crippen molar-refractivity contribution in [3.63, 3.8) is 0 Å². The van der Waals surface area contributed by atoms with Crippen LogP contribution in [0.5, 0.6) is 0 Å². The summed E-state index contributed by atoms with van der Waals surface area (Å²) >= 11 is 0. The number of anilines is 1. The fraction of sp³-hybridized carbons (Fsp3) is 0.0909. The summed E-state index contributed by atoms with van der Waals surface area (Å²) in [6, 6.07) is 19.4. The van der Waals surface area contributed by atoms with Crippen molar-refractivity contribution >= 4 is 16.7 Å². The zero-order chi connectivity index (χ0) is 19.0. The standard InChI is InChI=1S/C22H18FN3O/c1-14-7-9-18(24)17(11-14)21-22(27)26(13-15-5-3-2-4-6-15)20-10-8-16(23)12-19(20)25-21/h2-12H,13,24H2,1H3. The van der Waals surface area contributed by atoms with Gasteiger partial charge in [-0.25, -0.2) is 9.37 Å². The summed E-state index contributed by atoms with van der Waals surface area (Å²) in [5.74, 6) is -0.400. The highest BCUT2D eigenvalue weighted by Crippen LogP contribution is 2.25. The van der Waals surface area contributed by atoms with Crippen LogP contribution in [0.1, 0.15) is 11.1 Å². The molecule has 0 fully saturated rings. The average molecular weight is 359 g/mol. The van der Waals surface area contributed by atoms with Gasteiger partial charge in [-0.3, -0.25) is 4.79 Å². The van der Waals surface area contributed by atoms with Gasteiger partial charge in [-0.1, -0.05) is 42.0 Å². The maximum atomic E-state index is 13.8. The van der Waals surface area contributed by atoms with Crippen LogP contribution in [0.15, 0.2) is 71.5 Å². The molecule has 0 atom stereocenters. The molecule has 0 unspecified atom stereocenters. The molecule has 134 valence electrons. The van der Waals surface area contributed by atoms with Gasteiger partial charge in [0.25, 0.3) is 5.56 Å². The van der Waals surface area contributed by atoms with Crippen molar-refractivity contribution in [1.29, 1.82) is 0 Å². The number of halogens is 1. The first kappa shape index (κ1) is 17.0. The van der Waals surface area contributed by atoms with E-state index in [1.165, 1.54) is 12.1 Å². The van der Waals surface area contributed by atoms with Crippen LogP contribution in [0.3, 0.4) is 0 Å². The maximum Gasteiger partial charge on any atom is 0.277 e. The van der Waals surface area contributed by atoms with Gasteiger partial charge in [0, 0.05) is 17.3 Å². The molecule has 2 N–H and O–H groups in total. The zero-order valence-electron chi connectivity index (χ0n) is 14.8. The summed E-state index contributed by atoms with van der Waals surface area (Å²) in [5, 5.41) is 0. The molecule has 0 bridgehead atoms. The molecular weight excluding hydrogens is 341 g/mol. The maximum absolute atomic E-state index is 13.8. The predicted molar refractivity (Wildman–Crippen MR) is 106 cm³/mol. The Balaban J connectivity index is 2.02. The minimum Gasteiger partial charge on any atom is -0.398 e. The van der Waals surface area contributed by atoms with E-state index in [-0.39, 0.29) is 11.3 Å². The first-order valence-corrected chi connectivity index (χ1v) is 8.63. The molecule has 1 aromatic heterocycles. The van der Waals surface area contributed by atoms with Crippen molar-refractivity contribution in [3.8, 4) is 11.3 Å². The number of nitrogen functional groups attached to an aromatic ring is 1. The van der Waals surface area contributed by atoms with Crippen LogP contribution in [-0.2, 0) is 6.54 Å². The van der Waals surface area contributed by atoms with Crippen LogP contribution in [0, 0.1) is 12.7 Å². The van der Waals surface area contributed by atoms with Crippen LogP contribution in [0.25, 0.3) is 22.3 Å². The monoisotopic (exact) mass is 359 g/mol. The largest absolute Gasteiger partial charge is 0.398 e.